The monoisotopic (exact) mass is 544 g/mol. The molecule has 208 valence electrons. The average Bonchev–Trinajstić information content (AvgIpc) is 3.49. The van der Waals surface area contributed by atoms with Crippen molar-refractivity contribution < 1.29 is 19.5 Å². The number of hydrogen-bond acceptors (Lipinski definition) is 11. The Kier molecular flexibility index (Phi) is 6.98. The van der Waals surface area contributed by atoms with E-state index in [0.29, 0.717) is 34.9 Å². The largest absolute Gasteiger partial charge is 0.394 e. The predicted octanol–water partition coefficient (Wildman–Crippen LogP) is 3.75. The molecule has 1 amide bonds. The lowest BCUT2D eigenvalue weighted by molar-refractivity contribution is 0.0629. The maximum Gasteiger partial charge on any atom is 0.261 e. The van der Waals surface area contributed by atoms with Crippen LogP contribution in [0.4, 0.5) is 17.5 Å². The summed E-state index contributed by atoms with van der Waals surface area (Å²) in [6, 6.07) is 10.8. The zero-order chi connectivity index (χ0) is 28.7. The number of hydrogen-bond donors (Lipinski definition) is 4. The zero-order valence-electron chi connectivity index (χ0n) is 23.0. The number of fused-ring (bicyclic) bond motifs is 1. The maximum absolute atomic E-state index is 12.8. The quantitative estimate of drug-likeness (QED) is 0.243. The van der Waals surface area contributed by atoms with Gasteiger partial charge >= 0.3 is 0 Å². The van der Waals surface area contributed by atoms with Gasteiger partial charge in [-0.25, -0.2) is 15.0 Å². The molecule has 3 aromatic heterocycles. The molecule has 0 fully saturated rings. The molecule has 4 N–H and O–H groups in total. The van der Waals surface area contributed by atoms with E-state index in [4.69, 9.17) is 4.52 Å². The number of pyridine rings is 1. The van der Waals surface area contributed by atoms with Crippen molar-refractivity contribution in [2.75, 3.05) is 23.8 Å². The number of rotatable bonds is 9. The van der Waals surface area contributed by atoms with Gasteiger partial charge in [0, 0.05) is 25.0 Å². The lowest BCUT2D eigenvalue weighted by atomic mass is 10.0. The number of nitrogens with zero attached hydrogens (tertiary/aromatic N) is 6. The van der Waals surface area contributed by atoms with Crippen LogP contribution in [0.2, 0.25) is 0 Å². The molecule has 0 saturated carbocycles. The lowest BCUT2D eigenvalue weighted by Gasteiger charge is -2.30. The summed E-state index contributed by atoms with van der Waals surface area (Å²) in [5, 5.41) is 30.9. The number of carbonyl (C=O) groups is 1. The van der Waals surface area contributed by atoms with Crippen molar-refractivity contribution in [1.29, 1.82) is 0 Å². The highest BCUT2D eigenvalue weighted by Crippen LogP contribution is 2.38. The molecule has 4 aromatic rings. The standard InChI is InChI=1S/C28H32N8O4/c1-6-36-24(38)18-14-30-26(33-22(18)27(36,2)3)32-21-12-19(31-20(15-37)16-10-8-7-9-11-16)17(13-29-21)23-34-25(35-40-23)28(4,5)39/h7-14,20,37,39H,6,15H2,1-5H3,(H2,29,30,31,32,33)/t20-/m1/s1. The van der Waals surface area contributed by atoms with Gasteiger partial charge in [0.15, 0.2) is 0 Å². The number of aromatic nitrogens is 5. The second-order valence-corrected chi connectivity index (χ2v) is 10.6. The second kappa shape index (κ2) is 10.3. The number of nitrogens with one attached hydrogen (secondary N) is 2. The molecule has 12 heteroatoms. The normalized spacial score (nSPS) is 15.2. The Morgan fingerprint density at radius 1 is 1.10 bits per heavy atom. The van der Waals surface area contributed by atoms with Crippen LogP contribution in [-0.4, -0.2) is 59.3 Å². The summed E-state index contributed by atoms with van der Waals surface area (Å²) >= 11 is 0. The average molecular weight is 545 g/mol. The van der Waals surface area contributed by atoms with Crippen molar-refractivity contribution >= 4 is 23.4 Å². The van der Waals surface area contributed by atoms with Gasteiger partial charge in [-0.3, -0.25) is 4.79 Å². The van der Waals surface area contributed by atoms with Crippen molar-refractivity contribution in [2.45, 2.75) is 51.8 Å². The first-order chi connectivity index (χ1) is 19.0. The van der Waals surface area contributed by atoms with E-state index in [1.165, 1.54) is 6.20 Å². The van der Waals surface area contributed by atoms with Gasteiger partial charge in [0.25, 0.3) is 11.8 Å². The molecule has 0 unspecified atom stereocenters. The smallest absolute Gasteiger partial charge is 0.261 e. The van der Waals surface area contributed by atoms with Crippen LogP contribution in [0.3, 0.4) is 0 Å². The van der Waals surface area contributed by atoms with Crippen LogP contribution in [0.1, 0.15) is 68.1 Å². The third-order valence-electron chi connectivity index (χ3n) is 6.90. The number of aliphatic hydroxyl groups is 2. The van der Waals surface area contributed by atoms with E-state index in [2.05, 4.69) is 35.7 Å². The van der Waals surface area contributed by atoms with E-state index in [1.54, 1.807) is 31.0 Å². The number of carbonyl (C=O) groups excluding carboxylic acids is 1. The molecule has 0 spiro atoms. The van der Waals surface area contributed by atoms with Gasteiger partial charge in [-0.05, 0) is 40.2 Å². The van der Waals surface area contributed by atoms with Crippen molar-refractivity contribution in [3.63, 3.8) is 0 Å². The van der Waals surface area contributed by atoms with Crippen LogP contribution in [0, 0.1) is 0 Å². The second-order valence-electron chi connectivity index (χ2n) is 10.6. The molecule has 1 aliphatic heterocycles. The summed E-state index contributed by atoms with van der Waals surface area (Å²) in [5.41, 5.74) is 1.14. The predicted molar refractivity (Wildman–Crippen MR) is 148 cm³/mol. The molecule has 12 nitrogen and oxygen atoms in total. The van der Waals surface area contributed by atoms with E-state index >= 15 is 0 Å². The van der Waals surface area contributed by atoms with Gasteiger partial charge in [-0.1, -0.05) is 35.5 Å². The molecule has 4 heterocycles. The van der Waals surface area contributed by atoms with Gasteiger partial charge < -0.3 is 30.3 Å². The molecule has 0 saturated heterocycles. The third kappa shape index (κ3) is 4.98. The van der Waals surface area contributed by atoms with Crippen LogP contribution in [0.5, 0.6) is 0 Å². The third-order valence-corrected chi connectivity index (χ3v) is 6.90. The van der Waals surface area contributed by atoms with Gasteiger partial charge in [-0.2, -0.15) is 4.98 Å². The van der Waals surface area contributed by atoms with E-state index < -0.39 is 17.2 Å². The lowest BCUT2D eigenvalue weighted by Crippen LogP contribution is -2.39. The number of benzene rings is 1. The summed E-state index contributed by atoms with van der Waals surface area (Å²) in [5.74, 6) is 0.878. The fourth-order valence-electron chi connectivity index (χ4n) is 4.75. The minimum atomic E-state index is -1.30. The number of anilines is 3. The van der Waals surface area contributed by atoms with Gasteiger partial charge in [0.05, 0.1) is 40.7 Å². The first-order valence-corrected chi connectivity index (χ1v) is 13.0. The Hall–Kier alpha value is -4.42. The maximum atomic E-state index is 12.8. The molecule has 1 aromatic carbocycles. The van der Waals surface area contributed by atoms with Crippen molar-refractivity contribution in [3.05, 3.63) is 71.4 Å². The number of amides is 1. The number of aliphatic hydroxyl groups excluding tert-OH is 1. The fourth-order valence-corrected chi connectivity index (χ4v) is 4.75. The van der Waals surface area contributed by atoms with Gasteiger partial charge in [0.2, 0.25) is 11.8 Å². The Morgan fingerprint density at radius 3 is 2.48 bits per heavy atom. The Morgan fingerprint density at radius 2 is 1.82 bits per heavy atom. The van der Waals surface area contributed by atoms with E-state index in [1.807, 2.05) is 51.1 Å². The molecular weight excluding hydrogens is 512 g/mol. The van der Waals surface area contributed by atoms with E-state index in [-0.39, 0.29) is 30.2 Å². The van der Waals surface area contributed by atoms with E-state index in [0.717, 1.165) is 5.56 Å². The van der Waals surface area contributed by atoms with Crippen molar-refractivity contribution in [1.82, 2.24) is 30.0 Å². The molecule has 1 aliphatic rings. The van der Waals surface area contributed by atoms with E-state index in [9.17, 15) is 15.0 Å². The molecular formula is C28H32N8O4. The topological polar surface area (TPSA) is 162 Å². The molecule has 0 bridgehead atoms. The Balaban J connectivity index is 1.51. The highest BCUT2D eigenvalue weighted by Gasteiger charge is 2.44. The molecule has 0 aliphatic carbocycles. The minimum Gasteiger partial charge on any atom is -0.394 e. The summed E-state index contributed by atoms with van der Waals surface area (Å²) in [6.07, 6.45) is 3.08. The van der Waals surface area contributed by atoms with Crippen LogP contribution >= 0.6 is 0 Å². The summed E-state index contributed by atoms with van der Waals surface area (Å²) in [4.78, 5) is 32.4. The Labute approximate surface area is 231 Å². The summed E-state index contributed by atoms with van der Waals surface area (Å²) in [7, 11) is 0. The first kappa shape index (κ1) is 27.2. The molecule has 40 heavy (non-hydrogen) atoms. The van der Waals surface area contributed by atoms with Crippen molar-refractivity contribution in [2.24, 2.45) is 0 Å². The first-order valence-electron chi connectivity index (χ1n) is 13.0. The van der Waals surface area contributed by atoms with Gasteiger partial charge in [-0.15, -0.1) is 0 Å². The van der Waals surface area contributed by atoms with Crippen LogP contribution in [-0.2, 0) is 11.1 Å². The zero-order valence-corrected chi connectivity index (χ0v) is 23.0. The highest BCUT2D eigenvalue weighted by molar-refractivity contribution is 5.99. The van der Waals surface area contributed by atoms with Gasteiger partial charge in [0.1, 0.15) is 11.4 Å². The Bertz CT molecular complexity index is 1530. The SMILES string of the molecule is CCN1C(=O)c2cnc(Nc3cc(N[C@H](CO)c4ccccc4)c(-c4nc(C(C)(C)O)no4)cn3)nc2C1(C)C. The molecule has 5 rings (SSSR count). The minimum absolute atomic E-state index is 0.0936. The molecule has 0 radical (unpaired) electrons. The summed E-state index contributed by atoms with van der Waals surface area (Å²) in [6.45, 7) is 9.34. The van der Waals surface area contributed by atoms with Crippen LogP contribution in [0.15, 0.2) is 53.3 Å². The van der Waals surface area contributed by atoms with Crippen LogP contribution in [0.25, 0.3) is 11.5 Å². The highest BCUT2D eigenvalue weighted by atomic mass is 16.5. The summed E-state index contributed by atoms with van der Waals surface area (Å²) < 4.78 is 5.46. The van der Waals surface area contributed by atoms with Crippen molar-refractivity contribution in [3.8, 4) is 11.5 Å². The van der Waals surface area contributed by atoms with Crippen LogP contribution < -0.4 is 10.6 Å². The molecule has 1 atom stereocenters. The fraction of sp³-hybridized carbons (Fsp3) is 0.357.